The summed E-state index contributed by atoms with van der Waals surface area (Å²) in [5.41, 5.74) is 2.28. The van der Waals surface area contributed by atoms with E-state index >= 15 is 0 Å². The highest BCUT2D eigenvalue weighted by atomic mass is 16.5. The predicted molar refractivity (Wildman–Crippen MR) is 77.6 cm³/mol. The van der Waals surface area contributed by atoms with Crippen molar-refractivity contribution in [2.24, 2.45) is 4.99 Å². The van der Waals surface area contributed by atoms with Crippen LogP contribution in [-0.2, 0) is 4.74 Å². The van der Waals surface area contributed by atoms with Gasteiger partial charge >= 0.3 is 5.97 Å². The van der Waals surface area contributed by atoms with Crippen molar-refractivity contribution in [2.45, 2.75) is 0 Å². The fraction of sp³-hybridized carbons (Fsp3) is 0. The molecule has 2 aromatic rings. The summed E-state index contributed by atoms with van der Waals surface area (Å²) in [7, 11) is 0. The Bertz CT molecular complexity index is 691. The number of para-hydroxylation sites is 1. The smallest absolute Gasteiger partial charge is 0.344 e. The second-order valence-corrected chi connectivity index (χ2v) is 4.24. The first kappa shape index (κ1) is 12.2. The number of rotatable bonds is 2. The Balaban J connectivity index is 1.78. The number of ether oxygens (including phenoxy) is 1. The van der Waals surface area contributed by atoms with Gasteiger partial charge in [-0.25, -0.2) is 4.79 Å². The van der Waals surface area contributed by atoms with Crippen LogP contribution in [0.25, 0.3) is 0 Å². The first-order valence-corrected chi connectivity index (χ1v) is 6.19. The van der Waals surface area contributed by atoms with Gasteiger partial charge in [0.1, 0.15) is 0 Å². The van der Waals surface area contributed by atoms with Gasteiger partial charge in [-0.1, -0.05) is 36.4 Å². The summed E-state index contributed by atoms with van der Waals surface area (Å²) in [5.74, 6) is -0.112. The molecule has 0 aromatic heterocycles. The largest absolute Gasteiger partial charge is 0.404 e. The van der Waals surface area contributed by atoms with Gasteiger partial charge in [-0.3, -0.25) is 4.99 Å². The Morgan fingerprint density at radius 3 is 2.60 bits per heavy atom. The molecule has 0 amide bonds. The van der Waals surface area contributed by atoms with Gasteiger partial charge in [-0.05, 0) is 18.2 Å². The molecule has 1 aliphatic heterocycles. The first-order chi connectivity index (χ1) is 9.83. The molecule has 0 saturated carbocycles. The number of fused-ring (bicyclic) bond motifs is 1. The maximum absolute atomic E-state index is 12.0. The summed E-state index contributed by atoms with van der Waals surface area (Å²) in [4.78, 5) is 16.1. The molecule has 4 heteroatoms. The number of anilines is 1. The van der Waals surface area contributed by atoms with E-state index in [9.17, 15) is 4.79 Å². The molecule has 0 atom stereocenters. The van der Waals surface area contributed by atoms with Gasteiger partial charge in [-0.2, -0.15) is 0 Å². The average molecular weight is 264 g/mol. The van der Waals surface area contributed by atoms with Crippen molar-refractivity contribution in [2.75, 3.05) is 5.32 Å². The third kappa shape index (κ3) is 2.59. The fourth-order valence-electron chi connectivity index (χ4n) is 1.86. The van der Waals surface area contributed by atoms with Crippen LogP contribution < -0.4 is 5.32 Å². The number of benzene rings is 2. The van der Waals surface area contributed by atoms with Gasteiger partial charge in [0.05, 0.1) is 11.8 Å². The minimum atomic E-state index is -0.418. The van der Waals surface area contributed by atoms with Gasteiger partial charge in [-0.15, -0.1) is 0 Å². The highest BCUT2D eigenvalue weighted by Gasteiger charge is 2.12. The van der Waals surface area contributed by atoms with Crippen LogP contribution in [0.5, 0.6) is 0 Å². The minimum Gasteiger partial charge on any atom is -0.404 e. The van der Waals surface area contributed by atoms with Gasteiger partial charge in [0.25, 0.3) is 0 Å². The first-order valence-electron chi connectivity index (χ1n) is 6.19. The van der Waals surface area contributed by atoms with E-state index in [0.29, 0.717) is 11.4 Å². The Labute approximate surface area is 116 Å². The molecule has 2 aromatic carbocycles. The number of nitrogens with zero attached hydrogens (tertiary/aromatic N) is 1. The average Bonchev–Trinajstić information content (AvgIpc) is 2.69. The molecule has 0 spiro atoms. The lowest BCUT2D eigenvalue weighted by molar-refractivity contribution is 0.0629. The molecule has 1 N–H and O–H groups in total. The molecule has 98 valence electrons. The van der Waals surface area contributed by atoms with Crippen LogP contribution in [-0.4, -0.2) is 12.2 Å². The molecular weight excluding hydrogens is 252 g/mol. The normalized spacial score (nSPS) is 12.7. The molecule has 0 unspecified atom stereocenters. The molecule has 1 aliphatic rings. The van der Waals surface area contributed by atoms with Gasteiger partial charge < -0.3 is 10.1 Å². The summed E-state index contributed by atoms with van der Waals surface area (Å²) < 4.78 is 5.31. The van der Waals surface area contributed by atoms with Gasteiger partial charge in [0, 0.05) is 17.5 Å². The summed E-state index contributed by atoms with van der Waals surface area (Å²) in [6, 6.07) is 16.5. The number of carbonyl (C=O) groups excluding carboxylic acids is 1. The van der Waals surface area contributed by atoms with E-state index in [-0.39, 0.29) is 0 Å². The topological polar surface area (TPSA) is 50.7 Å². The van der Waals surface area contributed by atoms with Crippen LogP contribution >= 0.6 is 0 Å². The second kappa shape index (κ2) is 5.40. The van der Waals surface area contributed by atoms with E-state index < -0.39 is 5.97 Å². The second-order valence-electron chi connectivity index (χ2n) is 4.24. The Morgan fingerprint density at radius 2 is 1.75 bits per heavy atom. The van der Waals surface area contributed by atoms with Crippen molar-refractivity contribution in [1.82, 2.24) is 0 Å². The van der Waals surface area contributed by atoms with Gasteiger partial charge in [0.2, 0.25) is 5.88 Å². The van der Waals surface area contributed by atoms with Crippen molar-refractivity contribution in [1.29, 1.82) is 0 Å². The third-order valence-electron chi connectivity index (χ3n) is 2.84. The van der Waals surface area contributed by atoms with Crippen LogP contribution in [0.2, 0.25) is 0 Å². The maximum Gasteiger partial charge on any atom is 0.344 e. The minimum absolute atomic E-state index is 0.306. The molecule has 0 aliphatic carbocycles. The van der Waals surface area contributed by atoms with E-state index in [1.54, 1.807) is 30.5 Å². The third-order valence-corrected chi connectivity index (χ3v) is 2.84. The van der Waals surface area contributed by atoms with Crippen molar-refractivity contribution in [3.63, 3.8) is 0 Å². The molecular formula is C16H12N2O2. The highest BCUT2D eigenvalue weighted by molar-refractivity contribution is 5.92. The Kier molecular flexibility index (Phi) is 3.29. The van der Waals surface area contributed by atoms with E-state index in [0.717, 1.165) is 11.3 Å². The van der Waals surface area contributed by atoms with Crippen LogP contribution in [0.4, 0.5) is 5.69 Å². The lowest BCUT2D eigenvalue weighted by Gasteiger charge is -2.10. The highest BCUT2D eigenvalue weighted by Crippen LogP contribution is 2.19. The summed E-state index contributed by atoms with van der Waals surface area (Å²) in [6.07, 6.45) is 3.20. The molecule has 0 saturated heterocycles. The van der Waals surface area contributed by atoms with Crippen molar-refractivity contribution in [3.05, 3.63) is 77.8 Å². The molecule has 0 fully saturated rings. The van der Waals surface area contributed by atoms with E-state index in [4.69, 9.17) is 4.74 Å². The van der Waals surface area contributed by atoms with E-state index in [1.807, 2.05) is 30.3 Å². The van der Waals surface area contributed by atoms with Crippen LogP contribution in [0.15, 0.2) is 71.7 Å². The fourth-order valence-corrected chi connectivity index (χ4v) is 1.86. The number of hydrogen-bond donors (Lipinski definition) is 1. The lowest BCUT2D eigenvalue weighted by Crippen LogP contribution is -2.10. The van der Waals surface area contributed by atoms with Gasteiger partial charge in [0.15, 0.2) is 0 Å². The summed E-state index contributed by atoms with van der Waals surface area (Å²) >= 11 is 0. The number of aliphatic imine (C=N–C) groups is 1. The SMILES string of the molecule is O=C(OC1=CN=Cc2ccccc2N1)c1ccccc1. The van der Waals surface area contributed by atoms with Crippen molar-refractivity contribution in [3.8, 4) is 0 Å². The number of hydrogen-bond acceptors (Lipinski definition) is 4. The predicted octanol–water partition coefficient (Wildman–Crippen LogP) is 3.19. The number of carbonyl (C=O) groups is 1. The zero-order valence-corrected chi connectivity index (χ0v) is 10.6. The molecule has 0 bridgehead atoms. The summed E-state index contributed by atoms with van der Waals surface area (Å²) in [6.45, 7) is 0. The molecule has 3 rings (SSSR count). The maximum atomic E-state index is 12.0. The standard InChI is InChI=1S/C16H12N2O2/c19-16(12-6-2-1-3-7-12)20-15-11-17-10-13-8-4-5-9-14(13)18-15/h1-11,18H. The molecule has 20 heavy (non-hydrogen) atoms. The van der Waals surface area contributed by atoms with Crippen LogP contribution in [0, 0.1) is 0 Å². The van der Waals surface area contributed by atoms with Crippen molar-refractivity contribution < 1.29 is 9.53 Å². The Hall–Kier alpha value is -2.88. The number of esters is 1. The van der Waals surface area contributed by atoms with E-state index in [2.05, 4.69) is 10.3 Å². The van der Waals surface area contributed by atoms with E-state index in [1.165, 1.54) is 6.20 Å². The lowest BCUT2D eigenvalue weighted by atomic mass is 10.2. The summed E-state index contributed by atoms with van der Waals surface area (Å²) in [5, 5.41) is 3.05. The molecule has 0 radical (unpaired) electrons. The zero-order valence-electron chi connectivity index (χ0n) is 10.6. The molecule has 1 heterocycles. The number of nitrogens with one attached hydrogen (secondary N) is 1. The Morgan fingerprint density at radius 1 is 1.00 bits per heavy atom. The quantitative estimate of drug-likeness (QED) is 0.847. The zero-order chi connectivity index (χ0) is 13.8. The van der Waals surface area contributed by atoms with Crippen LogP contribution in [0.3, 0.4) is 0 Å². The molecule has 4 nitrogen and oxygen atoms in total. The van der Waals surface area contributed by atoms with Crippen LogP contribution in [0.1, 0.15) is 15.9 Å². The van der Waals surface area contributed by atoms with Crippen molar-refractivity contribution >= 4 is 17.9 Å². The monoisotopic (exact) mass is 264 g/mol.